The highest BCUT2D eigenvalue weighted by Gasteiger charge is 2.43. The van der Waals surface area contributed by atoms with E-state index in [0.29, 0.717) is 68.4 Å². The molecule has 1 aliphatic heterocycles. The molecule has 50 heavy (non-hydrogen) atoms. The third kappa shape index (κ3) is 10.6. The van der Waals surface area contributed by atoms with Crippen LogP contribution in [-0.4, -0.2) is 109 Å². The van der Waals surface area contributed by atoms with Gasteiger partial charge >= 0.3 is 6.09 Å². The van der Waals surface area contributed by atoms with E-state index in [0.717, 1.165) is 12.8 Å². The number of carbonyl (C=O) groups is 3. The van der Waals surface area contributed by atoms with Crippen LogP contribution in [0.3, 0.4) is 0 Å². The summed E-state index contributed by atoms with van der Waals surface area (Å²) >= 11 is 0. The number of nitro benzene ring substituents is 1. The van der Waals surface area contributed by atoms with Crippen molar-refractivity contribution in [2.75, 3.05) is 53.6 Å². The van der Waals surface area contributed by atoms with Gasteiger partial charge in [0.2, 0.25) is 5.91 Å². The molecule has 2 unspecified atom stereocenters. The monoisotopic (exact) mass is 696 g/mol. The Kier molecular flexibility index (Phi) is 13.1. The fourth-order valence-corrected chi connectivity index (χ4v) is 6.23. The number of hydrogen-bond donors (Lipinski definition) is 0. The van der Waals surface area contributed by atoms with E-state index in [1.807, 2.05) is 39.5 Å². The van der Waals surface area contributed by atoms with E-state index in [9.17, 15) is 24.5 Å². The molecule has 2 fully saturated rings. The minimum absolute atomic E-state index is 0.0370. The van der Waals surface area contributed by atoms with E-state index in [4.69, 9.17) is 18.9 Å². The zero-order valence-corrected chi connectivity index (χ0v) is 30.4. The van der Waals surface area contributed by atoms with Gasteiger partial charge in [0.1, 0.15) is 5.60 Å². The first-order valence-electron chi connectivity index (χ1n) is 17.3. The molecule has 2 atom stereocenters. The van der Waals surface area contributed by atoms with Crippen LogP contribution in [0.1, 0.15) is 69.8 Å². The van der Waals surface area contributed by atoms with Gasteiger partial charge in [0, 0.05) is 87.9 Å². The number of carbonyl (C=O) groups excluding carboxylic acids is 3. The number of nitro groups is 1. The van der Waals surface area contributed by atoms with Crippen LogP contribution in [-0.2, 0) is 20.7 Å². The van der Waals surface area contributed by atoms with Gasteiger partial charge in [-0.2, -0.15) is 0 Å². The van der Waals surface area contributed by atoms with Crippen molar-refractivity contribution in [2.24, 2.45) is 11.8 Å². The lowest BCUT2D eigenvalue weighted by molar-refractivity contribution is -0.384. The quantitative estimate of drug-likeness (QED) is 0.125. The first-order valence-corrected chi connectivity index (χ1v) is 17.3. The van der Waals surface area contributed by atoms with Gasteiger partial charge in [-0.1, -0.05) is 12.1 Å². The Labute approximate surface area is 294 Å². The zero-order valence-electron chi connectivity index (χ0n) is 30.4. The standard InChI is InChI=1S/C37H52N4O9/c1-25(2)39(35(43)27-12-15-32(48-7)33(20-27)49-17-9-16-47-6)23-28-21-38(36(44)50-37(3,4)5)22-29(28)24-40(30-13-14-30)34(42)19-26-10-8-11-31(18-26)41(45)46/h8,10-12,15,18,20,25,28-30H,9,13-14,16-17,19,21-24H2,1-7H3. The lowest BCUT2D eigenvalue weighted by Crippen LogP contribution is -2.45. The molecule has 13 nitrogen and oxygen atoms in total. The Hall–Kier alpha value is -4.39. The molecule has 1 saturated heterocycles. The SMILES string of the molecule is COCCCOc1cc(C(=O)N(CC2CN(C(=O)OC(C)(C)C)CC2CN(C(=O)Cc2cccc([N+](=O)[O-])c2)C2CC2)C(C)C)ccc1OC. The van der Waals surface area contributed by atoms with Crippen LogP contribution in [0.25, 0.3) is 0 Å². The Balaban J connectivity index is 1.57. The van der Waals surface area contributed by atoms with Crippen LogP contribution >= 0.6 is 0 Å². The summed E-state index contributed by atoms with van der Waals surface area (Å²) in [5, 5.41) is 11.3. The van der Waals surface area contributed by atoms with E-state index >= 15 is 0 Å². The molecule has 2 aromatic rings. The second-order valence-electron chi connectivity index (χ2n) is 14.4. The van der Waals surface area contributed by atoms with Crippen LogP contribution in [0, 0.1) is 22.0 Å². The summed E-state index contributed by atoms with van der Waals surface area (Å²) in [6, 6.07) is 11.2. The highest BCUT2D eigenvalue weighted by Crippen LogP contribution is 2.34. The van der Waals surface area contributed by atoms with E-state index in [2.05, 4.69) is 0 Å². The predicted molar refractivity (Wildman–Crippen MR) is 187 cm³/mol. The molecule has 0 radical (unpaired) electrons. The van der Waals surface area contributed by atoms with Gasteiger partial charge in [0.15, 0.2) is 11.5 Å². The normalized spacial score (nSPS) is 17.4. The Bertz CT molecular complexity index is 1500. The maximum atomic E-state index is 14.1. The highest BCUT2D eigenvalue weighted by molar-refractivity contribution is 5.95. The van der Waals surface area contributed by atoms with Gasteiger partial charge in [-0.05, 0) is 71.2 Å². The topological polar surface area (TPSA) is 141 Å². The lowest BCUT2D eigenvalue weighted by atomic mass is 9.93. The van der Waals surface area contributed by atoms with Gasteiger partial charge in [-0.25, -0.2) is 4.79 Å². The van der Waals surface area contributed by atoms with Crippen molar-refractivity contribution in [3.05, 3.63) is 63.7 Å². The number of nitrogens with zero attached hydrogens (tertiary/aromatic N) is 4. The summed E-state index contributed by atoms with van der Waals surface area (Å²) in [4.78, 5) is 57.4. The maximum absolute atomic E-state index is 14.1. The largest absolute Gasteiger partial charge is 0.493 e. The predicted octanol–water partition coefficient (Wildman–Crippen LogP) is 5.59. The van der Waals surface area contributed by atoms with E-state index < -0.39 is 16.6 Å². The molecule has 2 aromatic carbocycles. The van der Waals surface area contributed by atoms with Crippen molar-refractivity contribution >= 4 is 23.6 Å². The zero-order chi connectivity index (χ0) is 36.6. The summed E-state index contributed by atoms with van der Waals surface area (Å²) < 4.78 is 22.3. The molecular formula is C37H52N4O9. The molecule has 0 N–H and O–H groups in total. The van der Waals surface area contributed by atoms with Gasteiger partial charge in [0.25, 0.3) is 11.6 Å². The third-order valence-electron chi connectivity index (χ3n) is 8.92. The van der Waals surface area contributed by atoms with Gasteiger partial charge < -0.3 is 33.6 Å². The second kappa shape index (κ2) is 17.0. The number of likely N-dealkylation sites (tertiary alicyclic amines) is 1. The molecular weight excluding hydrogens is 644 g/mol. The summed E-state index contributed by atoms with van der Waals surface area (Å²) in [7, 11) is 3.18. The molecule has 0 spiro atoms. The van der Waals surface area contributed by atoms with Crippen LogP contribution in [0.4, 0.5) is 10.5 Å². The third-order valence-corrected chi connectivity index (χ3v) is 8.92. The maximum Gasteiger partial charge on any atom is 0.410 e. The fraction of sp³-hybridized carbons (Fsp3) is 0.595. The lowest BCUT2D eigenvalue weighted by Gasteiger charge is -2.33. The summed E-state index contributed by atoms with van der Waals surface area (Å²) in [6.07, 6.45) is 2.03. The molecule has 0 bridgehead atoms. The van der Waals surface area contributed by atoms with Crippen LogP contribution in [0.15, 0.2) is 42.5 Å². The number of methoxy groups -OCH3 is 2. The molecule has 2 aliphatic rings. The first-order chi connectivity index (χ1) is 23.7. The second-order valence-corrected chi connectivity index (χ2v) is 14.4. The van der Waals surface area contributed by atoms with Crippen molar-refractivity contribution in [1.82, 2.24) is 14.7 Å². The Morgan fingerprint density at radius 2 is 1.68 bits per heavy atom. The number of ether oxygens (including phenoxy) is 4. The minimum Gasteiger partial charge on any atom is -0.493 e. The highest BCUT2D eigenvalue weighted by atomic mass is 16.6. The minimum atomic E-state index is -0.684. The summed E-state index contributed by atoms with van der Waals surface area (Å²) in [5.41, 5.74) is 0.284. The average molecular weight is 697 g/mol. The smallest absolute Gasteiger partial charge is 0.410 e. The van der Waals surface area contributed by atoms with Crippen molar-refractivity contribution in [2.45, 2.75) is 78.0 Å². The van der Waals surface area contributed by atoms with Crippen molar-refractivity contribution < 1.29 is 38.3 Å². The fourth-order valence-electron chi connectivity index (χ4n) is 6.23. The van der Waals surface area contributed by atoms with E-state index in [1.165, 1.54) is 12.1 Å². The Morgan fingerprint density at radius 3 is 2.28 bits per heavy atom. The van der Waals surface area contributed by atoms with Crippen molar-refractivity contribution in [3.8, 4) is 11.5 Å². The molecule has 3 amide bonds. The van der Waals surface area contributed by atoms with E-state index in [-0.39, 0.29) is 47.8 Å². The number of non-ortho nitro benzene ring substituents is 1. The Morgan fingerprint density at radius 1 is 0.980 bits per heavy atom. The average Bonchev–Trinajstić information content (AvgIpc) is 3.82. The molecule has 4 rings (SSSR count). The van der Waals surface area contributed by atoms with Crippen molar-refractivity contribution in [3.63, 3.8) is 0 Å². The summed E-state index contributed by atoms with van der Waals surface area (Å²) in [6.45, 7) is 11.8. The number of amides is 3. The van der Waals surface area contributed by atoms with Crippen LogP contribution in [0.5, 0.6) is 11.5 Å². The molecule has 13 heteroatoms. The van der Waals surface area contributed by atoms with Crippen molar-refractivity contribution in [1.29, 1.82) is 0 Å². The number of hydrogen-bond acceptors (Lipinski definition) is 9. The van der Waals surface area contributed by atoms with Gasteiger partial charge in [-0.15, -0.1) is 0 Å². The molecule has 1 aliphatic carbocycles. The van der Waals surface area contributed by atoms with E-state index in [1.54, 1.807) is 54.4 Å². The molecule has 0 aromatic heterocycles. The summed E-state index contributed by atoms with van der Waals surface area (Å²) in [5.74, 6) is 0.407. The first kappa shape index (κ1) is 38.4. The van der Waals surface area contributed by atoms with Gasteiger partial charge in [-0.3, -0.25) is 19.7 Å². The van der Waals surface area contributed by atoms with Crippen LogP contribution < -0.4 is 9.47 Å². The van der Waals surface area contributed by atoms with Gasteiger partial charge in [0.05, 0.1) is 25.1 Å². The molecule has 274 valence electrons. The number of benzene rings is 2. The number of rotatable bonds is 16. The van der Waals surface area contributed by atoms with Crippen LogP contribution in [0.2, 0.25) is 0 Å². The molecule has 1 heterocycles. The molecule has 1 saturated carbocycles.